The van der Waals surface area contributed by atoms with Crippen molar-refractivity contribution in [2.75, 3.05) is 19.6 Å². The number of likely N-dealkylation sites (tertiary alicyclic amines) is 1. The molecule has 1 aliphatic carbocycles. The smallest absolute Gasteiger partial charge is 0.245 e. The van der Waals surface area contributed by atoms with Crippen LogP contribution in [0.2, 0.25) is 0 Å². The molecule has 22 heavy (non-hydrogen) atoms. The van der Waals surface area contributed by atoms with Gasteiger partial charge in [0, 0.05) is 25.6 Å². The minimum atomic E-state index is -0.283. The first kappa shape index (κ1) is 16.8. The normalized spacial score (nSPS) is 22.4. The van der Waals surface area contributed by atoms with Crippen LogP contribution in [0.15, 0.2) is 25.3 Å². The van der Waals surface area contributed by atoms with E-state index in [2.05, 4.69) is 13.2 Å². The molecular weight excluding hydrogens is 276 g/mol. The molecule has 1 saturated carbocycles. The minimum absolute atomic E-state index is 0.0430. The predicted octanol–water partition coefficient (Wildman–Crippen LogP) is 2.76. The number of hydrogen-bond donors (Lipinski definition) is 0. The topological polar surface area (TPSA) is 40.6 Å². The van der Waals surface area contributed by atoms with E-state index >= 15 is 0 Å². The zero-order chi connectivity index (χ0) is 15.9. The molecule has 0 bridgehead atoms. The molecular formula is C18H28N2O2. The average molecular weight is 304 g/mol. The molecule has 1 saturated heterocycles. The number of carbonyl (C=O) groups is 2. The van der Waals surface area contributed by atoms with Crippen molar-refractivity contribution in [1.82, 2.24) is 9.80 Å². The van der Waals surface area contributed by atoms with E-state index < -0.39 is 0 Å². The van der Waals surface area contributed by atoms with Gasteiger partial charge in [-0.25, -0.2) is 0 Å². The van der Waals surface area contributed by atoms with Crippen LogP contribution in [0.25, 0.3) is 0 Å². The first-order chi connectivity index (χ1) is 10.7. The summed E-state index contributed by atoms with van der Waals surface area (Å²) in [5.41, 5.74) is 0. The second kappa shape index (κ2) is 8.16. The Morgan fingerprint density at radius 3 is 2.23 bits per heavy atom. The van der Waals surface area contributed by atoms with Crippen molar-refractivity contribution in [2.24, 2.45) is 5.92 Å². The van der Waals surface area contributed by atoms with Crippen LogP contribution in [-0.2, 0) is 9.59 Å². The largest absolute Gasteiger partial charge is 0.333 e. The average Bonchev–Trinajstić information content (AvgIpc) is 3.03. The quantitative estimate of drug-likeness (QED) is 0.708. The van der Waals surface area contributed by atoms with E-state index in [1.807, 2.05) is 4.90 Å². The van der Waals surface area contributed by atoms with Crippen molar-refractivity contribution >= 4 is 11.8 Å². The molecule has 1 atom stereocenters. The molecule has 0 N–H and O–H groups in total. The molecule has 122 valence electrons. The zero-order valence-corrected chi connectivity index (χ0v) is 13.5. The Morgan fingerprint density at radius 1 is 1.00 bits per heavy atom. The van der Waals surface area contributed by atoms with E-state index in [0.29, 0.717) is 13.1 Å². The number of carbonyl (C=O) groups excluding carboxylic acids is 2. The molecule has 0 radical (unpaired) electrons. The number of amides is 2. The summed E-state index contributed by atoms with van der Waals surface area (Å²) < 4.78 is 0. The van der Waals surface area contributed by atoms with Gasteiger partial charge >= 0.3 is 0 Å². The van der Waals surface area contributed by atoms with Gasteiger partial charge in [0.25, 0.3) is 0 Å². The zero-order valence-electron chi connectivity index (χ0n) is 13.5. The lowest BCUT2D eigenvalue weighted by Crippen LogP contribution is -2.49. The van der Waals surface area contributed by atoms with Gasteiger partial charge in [0.1, 0.15) is 6.04 Å². The third-order valence-electron chi connectivity index (χ3n) is 4.79. The number of hydrogen-bond acceptors (Lipinski definition) is 2. The molecule has 1 unspecified atom stereocenters. The maximum absolute atomic E-state index is 12.8. The maximum atomic E-state index is 12.8. The lowest BCUT2D eigenvalue weighted by Gasteiger charge is -2.32. The van der Waals surface area contributed by atoms with Gasteiger partial charge in [-0.3, -0.25) is 9.59 Å². The summed E-state index contributed by atoms with van der Waals surface area (Å²) in [5.74, 6) is 0.378. The van der Waals surface area contributed by atoms with Crippen molar-refractivity contribution in [1.29, 1.82) is 0 Å². The van der Waals surface area contributed by atoms with E-state index in [1.54, 1.807) is 17.1 Å². The molecule has 2 amide bonds. The maximum Gasteiger partial charge on any atom is 0.245 e. The molecule has 0 aromatic carbocycles. The highest BCUT2D eigenvalue weighted by Gasteiger charge is 2.38. The second-order valence-corrected chi connectivity index (χ2v) is 6.35. The van der Waals surface area contributed by atoms with Crippen LogP contribution in [0.3, 0.4) is 0 Å². The molecule has 1 heterocycles. The van der Waals surface area contributed by atoms with E-state index in [4.69, 9.17) is 0 Å². The Bertz CT molecular complexity index is 417. The highest BCUT2D eigenvalue weighted by atomic mass is 16.2. The molecule has 2 fully saturated rings. The van der Waals surface area contributed by atoms with Gasteiger partial charge in [-0.05, 0) is 25.7 Å². The number of nitrogens with zero attached hydrogens (tertiary/aromatic N) is 2. The molecule has 0 aromatic heterocycles. The van der Waals surface area contributed by atoms with Crippen LogP contribution in [-0.4, -0.2) is 47.3 Å². The molecule has 0 aromatic rings. The second-order valence-electron chi connectivity index (χ2n) is 6.35. The fraction of sp³-hybridized carbons (Fsp3) is 0.667. The summed E-state index contributed by atoms with van der Waals surface area (Å²) in [6.07, 6.45) is 10.6. The first-order valence-electron chi connectivity index (χ1n) is 8.50. The van der Waals surface area contributed by atoms with Crippen LogP contribution in [0.5, 0.6) is 0 Å². The first-order valence-corrected chi connectivity index (χ1v) is 8.50. The molecule has 4 heteroatoms. The minimum Gasteiger partial charge on any atom is -0.333 e. The third-order valence-corrected chi connectivity index (χ3v) is 4.79. The molecule has 2 rings (SSSR count). The van der Waals surface area contributed by atoms with Crippen LogP contribution in [0.1, 0.15) is 44.9 Å². The Labute approximate surface area is 133 Å². The SMILES string of the molecule is C=CCN(CC=C)C(=O)C1CCCN1C(=O)C1CCCCC1. The molecule has 1 aliphatic heterocycles. The van der Waals surface area contributed by atoms with Crippen molar-refractivity contribution in [2.45, 2.75) is 51.0 Å². The summed E-state index contributed by atoms with van der Waals surface area (Å²) in [6, 6.07) is -0.283. The van der Waals surface area contributed by atoms with Crippen LogP contribution >= 0.6 is 0 Å². The van der Waals surface area contributed by atoms with Crippen molar-refractivity contribution in [3.63, 3.8) is 0 Å². The van der Waals surface area contributed by atoms with Gasteiger partial charge in [-0.15, -0.1) is 13.2 Å². The van der Waals surface area contributed by atoms with E-state index in [-0.39, 0.29) is 23.8 Å². The van der Waals surface area contributed by atoms with Gasteiger partial charge < -0.3 is 9.80 Å². The summed E-state index contributed by atoms with van der Waals surface area (Å²) in [6.45, 7) is 9.16. The third kappa shape index (κ3) is 3.79. The van der Waals surface area contributed by atoms with E-state index in [0.717, 1.165) is 45.1 Å². The highest BCUT2D eigenvalue weighted by molar-refractivity contribution is 5.89. The van der Waals surface area contributed by atoms with Gasteiger partial charge in [-0.2, -0.15) is 0 Å². The summed E-state index contributed by atoms with van der Waals surface area (Å²) in [7, 11) is 0. The summed E-state index contributed by atoms with van der Waals surface area (Å²) >= 11 is 0. The van der Waals surface area contributed by atoms with E-state index in [1.165, 1.54) is 6.42 Å². The Balaban J connectivity index is 2.04. The molecule has 4 nitrogen and oxygen atoms in total. The van der Waals surface area contributed by atoms with Crippen molar-refractivity contribution in [3.05, 3.63) is 25.3 Å². The van der Waals surface area contributed by atoms with Crippen molar-refractivity contribution in [3.8, 4) is 0 Å². The Hall–Kier alpha value is -1.58. The summed E-state index contributed by atoms with van der Waals surface area (Å²) in [5, 5.41) is 0. The lowest BCUT2D eigenvalue weighted by atomic mass is 9.88. The molecule has 0 spiro atoms. The van der Waals surface area contributed by atoms with Gasteiger partial charge in [0.2, 0.25) is 11.8 Å². The van der Waals surface area contributed by atoms with Crippen LogP contribution in [0.4, 0.5) is 0 Å². The highest BCUT2D eigenvalue weighted by Crippen LogP contribution is 2.29. The van der Waals surface area contributed by atoms with Crippen LogP contribution in [0, 0.1) is 5.92 Å². The fourth-order valence-corrected chi connectivity index (χ4v) is 3.65. The standard InChI is InChI=1S/C18H28N2O2/c1-3-12-19(13-4-2)18(22)16-11-8-14-20(16)17(21)15-9-6-5-7-10-15/h3-4,15-16H,1-2,5-14H2. The lowest BCUT2D eigenvalue weighted by molar-refractivity contribution is -0.146. The summed E-state index contributed by atoms with van der Waals surface area (Å²) in [4.78, 5) is 29.1. The number of rotatable bonds is 6. The van der Waals surface area contributed by atoms with Gasteiger partial charge in [0.05, 0.1) is 0 Å². The van der Waals surface area contributed by atoms with Gasteiger partial charge in [-0.1, -0.05) is 31.4 Å². The Morgan fingerprint density at radius 2 is 1.64 bits per heavy atom. The molecule has 2 aliphatic rings. The van der Waals surface area contributed by atoms with Gasteiger partial charge in [0.15, 0.2) is 0 Å². The predicted molar refractivity (Wildman–Crippen MR) is 88.3 cm³/mol. The monoisotopic (exact) mass is 304 g/mol. The van der Waals surface area contributed by atoms with Crippen molar-refractivity contribution < 1.29 is 9.59 Å². The Kier molecular flexibility index (Phi) is 6.22. The van der Waals surface area contributed by atoms with Crippen LogP contribution < -0.4 is 0 Å². The van der Waals surface area contributed by atoms with E-state index in [9.17, 15) is 9.59 Å². The fourth-order valence-electron chi connectivity index (χ4n) is 3.65.